The predicted molar refractivity (Wildman–Crippen MR) is 112 cm³/mol. The van der Waals surface area contributed by atoms with Crippen molar-refractivity contribution in [3.05, 3.63) is 76.8 Å². The minimum Gasteiger partial charge on any atom is -0.494 e. The molecule has 1 unspecified atom stereocenters. The summed E-state index contributed by atoms with van der Waals surface area (Å²) in [6, 6.07) is 16.9. The van der Waals surface area contributed by atoms with Crippen LogP contribution in [0.4, 0.5) is 5.69 Å². The van der Waals surface area contributed by atoms with Gasteiger partial charge in [-0.2, -0.15) is 0 Å². The van der Waals surface area contributed by atoms with Gasteiger partial charge >= 0.3 is 0 Å². The Bertz CT molecular complexity index is 1090. The Balaban J connectivity index is 1.53. The van der Waals surface area contributed by atoms with Crippen LogP contribution in [0, 0.1) is 0 Å². The number of carbonyl (C=O) groups excluding carboxylic acids is 1. The van der Waals surface area contributed by atoms with Gasteiger partial charge in [-0.3, -0.25) is 14.2 Å². The molecular formula is C23H23N3O3. The lowest BCUT2D eigenvalue weighted by Crippen LogP contribution is -2.39. The molecule has 2 aromatic carbocycles. The van der Waals surface area contributed by atoms with Crippen LogP contribution in [0.25, 0.3) is 11.3 Å². The highest BCUT2D eigenvalue weighted by molar-refractivity contribution is 5.96. The average Bonchev–Trinajstić information content (AvgIpc) is 3.06. The van der Waals surface area contributed by atoms with Crippen molar-refractivity contribution in [3.63, 3.8) is 0 Å². The number of amides is 1. The molecule has 0 saturated heterocycles. The zero-order valence-corrected chi connectivity index (χ0v) is 16.5. The third kappa shape index (κ3) is 3.78. The van der Waals surface area contributed by atoms with E-state index in [9.17, 15) is 9.59 Å². The van der Waals surface area contributed by atoms with Crippen molar-refractivity contribution in [1.82, 2.24) is 9.55 Å². The minimum absolute atomic E-state index is 0.0337. The summed E-state index contributed by atoms with van der Waals surface area (Å²) >= 11 is 0. The quantitative estimate of drug-likeness (QED) is 0.672. The number of hydrogen-bond donors (Lipinski definition) is 0. The first-order chi connectivity index (χ1) is 14.1. The summed E-state index contributed by atoms with van der Waals surface area (Å²) in [5, 5.41) is 0. The second-order valence-electron chi connectivity index (χ2n) is 7.14. The normalized spacial score (nSPS) is 15.2. The lowest BCUT2D eigenvalue weighted by Gasteiger charge is -2.23. The molecule has 2 heterocycles. The summed E-state index contributed by atoms with van der Waals surface area (Å²) in [4.78, 5) is 31.7. The zero-order valence-electron chi connectivity index (χ0n) is 16.5. The molecule has 3 aromatic rings. The van der Waals surface area contributed by atoms with Crippen LogP contribution in [0.3, 0.4) is 0 Å². The van der Waals surface area contributed by atoms with Crippen molar-refractivity contribution in [2.45, 2.75) is 32.9 Å². The first kappa shape index (κ1) is 18.9. The lowest BCUT2D eigenvalue weighted by atomic mass is 10.1. The molecule has 0 radical (unpaired) electrons. The number of para-hydroxylation sites is 1. The monoisotopic (exact) mass is 389 g/mol. The number of anilines is 1. The molecular weight excluding hydrogens is 366 g/mol. The van der Waals surface area contributed by atoms with Gasteiger partial charge in [0.05, 0.1) is 18.6 Å². The second-order valence-corrected chi connectivity index (χ2v) is 7.14. The summed E-state index contributed by atoms with van der Waals surface area (Å²) in [5.41, 5.74) is 3.23. The van der Waals surface area contributed by atoms with Crippen LogP contribution in [-0.2, 0) is 17.8 Å². The number of aromatic nitrogens is 2. The van der Waals surface area contributed by atoms with Gasteiger partial charge < -0.3 is 9.64 Å². The first-order valence-electron chi connectivity index (χ1n) is 9.76. The van der Waals surface area contributed by atoms with Gasteiger partial charge in [-0.25, -0.2) is 4.98 Å². The Kier molecular flexibility index (Phi) is 5.16. The summed E-state index contributed by atoms with van der Waals surface area (Å²) in [6.45, 7) is 4.52. The molecule has 0 bridgehead atoms. The van der Waals surface area contributed by atoms with Gasteiger partial charge in [0, 0.05) is 23.4 Å². The van der Waals surface area contributed by atoms with Gasteiger partial charge in [0.25, 0.3) is 5.56 Å². The third-order valence-corrected chi connectivity index (χ3v) is 5.12. The Hall–Kier alpha value is -3.41. The van der Waals surface area contributed by atoms with Gasteiger partial charge in [0.1, 0.15) is 12.3 Å². The van der Waals surface area contributed by atoms with Crippen molar-refractivity contribution in [1.29, 1.82) is 0 Å². The van der Waals surface area contributed by atoms with E-state index in [0.29, 0.717) is 12.3 Å². The molecule has 0 aliphatic carbocycles. The van der Waals surface area contributed by atoms with E-state index in [-0.39, 0.29) is 24.1 Å². The van der Waals surface area contributed by atoms with Crippen molar-refractivity contribution >= 4 is 11.6 Å². The maximum Gasteiger partial charge on any atom is 0.254 e. The number of ether oxygens (including phenoxy) is 1. The molecule has 1 amide bonds. The van der Waals surface area contributed by atoms with Gasteiger partial charge in [0.2, 0.25) is 5.91 Å². The number of rotatable bonds is 5. The SMILES string of the molecule is CCOc1ccc(-c2cc(=O)n(CC(=O)N3c4ccccc4CC3C)cn2)cc1. The number of carbonyl (C=O) groups is 1. The smallest absolute Gasteiger partial charge is 0.254 e. The van der Waals surface area contributed by atoms with Gasteiger partial charge in [-0.1, -0.05) is 18.2 Å². The maximum atomic E-state index is 12.9. The highest BCUT2D eigenvalue weighted by Gasteiger charge is 2.30. The topological polar surface area (TPSA) is 64.4 Å². The van der Waals surface area contributed by atoms with Crippen molar-refractivity contribution in [2.24, 2.45) is 0 Å². The predicted octanol–water partition coefficient (Wildman–Crippen LogP) is 3.29. The van der Waals surface area contributed by atoms with E-state index in [1.54, 1.807) is 4.90 Å². The Morgan fingerprint density at radius 2 is 1.93 bits per heavy atom. The van der Waals surface area contributed by atoms with Crippen molar-refractivity contribution in [3.8, 4) is 17.0 Å². The second kappa shape index (κ2) is 7.91. The van der Waals surface area contributed by atoms with Crippen LogP contribution < -0.4 is 15.2 Å². The number of nitrogens with zero attached hydrogens (tertiary/aromatic N) is 3. The van der Waals surface area contributed by atoms with E-state index in [1.165, 1.54) is 17.0 Å². The molecule has 0 N–H and O–H groups in total. The Morgan fingerprint density at radius 1 is 1.17 bits per heavy atom. The number of benzene rings is 2. The van der Waals surface area contributed by atoms with Crippen LogP contribution in [0.2, 0.25) is 0 Å². The molecule has 6 nitrogen and oxygen atoms in total. The first-order valence-corrected chi connectivity index (χ1v) is 9.76. The van der Waals surface area contributed by atoms with E-state index in [1.807, 2.05) is 62.4 Å². The van der Waals surface area contributed by atoms with E-state index in [0.717, 1.165) is 29.0 Å². The molecule has 4 rings (SSSR count). The van der Waals surface area contributed by atoms with Crippen LogP contribution in [0.1, 0.15) is 19.4 Å². The van der Waals surface area contributed by atoms with Crippen LogP contribution >= 0.6 is 0 Å². The van der Waals surface area contributed by atoms with Crippen molar-refractivity contribution < 1.29 is 9.53 Å². The molecule has 6 heteroatoms. The molecule has 1 aromatic heterocycles. The summed E-state index contributed by atoms with van der Waals surface area (Å²) < 4.78 is 6.79. The van der Waals surface area contributed by atoms with E-state index in [4.69, 9.17) is 4.74 Å². The number of fused-ring (bicyclic) bond motifs is 1. The maximum absolute atomic E-state index is 12.9. The number of hydrogen-bond acceptors (Lipinski definition) is 4. The highest BCUT2D eigenvalue weighted by atomic mass is 16.5. The van der Waals surface area contributed by atoms with E-state index >= 15 is 0 Å². The third-order valence-electron chi connectivity index (χ3n) is 5.12. The zero-order chi connectivity index (χ0) is 20.4. The highest BCUT2D eigenvalue weighted by Crippen LogP contribution is 2.31. The van der Waals surface area contributed by atoms with Crippen LogP contribution in [-0.4, -0.2) is 28.1 Å². The average molecular weight is 389 g/mol. The lowest BCUT2D eigenvalue weighted by molar-refractivity contribution is -0.119. The molecule has 29 heavy (non-hydrogen) atoms. The minimum atomic E-state index is -0.252. The van der Waals surface area contributed by atoms with Crippen LogP contribution in [0.15, 0.2) is 65.7 Å². The van der Waals surface area contributed by atoms with E-state index in [2.05, 4.69) is 4.98 Å². The summed E-state index contributed by atoms with van der Waals surface area (Å²) in [6.07, 6.45) is 2.27. The fourth-order valence-electron chi connectivity index (χ4n) is 3.76. The Morgan fingerprint density at radius 3 is 2.66 bits per heavy atom. The summed E-state index contributed by atoms with van der Waals surface area (Å²) in [7, 11) is 0. The molecule has 1 aliphatic heterocycles. The largest absolute Gasteiger partial charge is 0.494 e. The van der Waals surface area contributed by atoms with Crippen molar-refractivity contribution in [2.75, 3.05) is 11.5 Å². The standard InChI is InChI=1S/C23H23N3O3/c1-3-29-19-10-8-17(9-11-19)20-13-22(27)25(15-24-20)14-23(28)26-16(2)12-18-6-4-5-7-21(18)26/h4-11,13,15-16H,3,12,14H2,1-2H3. The molecule has 0 saturated carbocycles. The Labute approximate surface area is 169 Å². The van der Waals surface area contributed by atoms with Gasteiger partial charge in [-0.05, 0) is 56.2 Å². The molecule has 1 aliphatic rings. The molecule has 148 valence electrons. The fourth-order valence-corrected chi connectivity index (χ4v) is 3.76. The molecule has 1 atom stereocenters. The fraction of sp³-hybridized carbons (Fsp3) is 0.261. The molecule has 0 spiro atoms. The summed E-state index contributed by atoms with van der Waals surface area (Å²) in [5.74, 6) is 0.662. The molecule has 0 fully saturated rings. The van der Waals surface area contributed by atoms with Crippen LogP contribution in [0.5, 0.6) is 5.75 Å². The van der Waals surface area contributed by atoms with E-state index < -0.39 is 0 Å². The van der Waals surface area contributed by atoms with Gasteiger partial charge in [0.15, 0.2) is 0 Å². The van der Waals surface area contributed by atoms with Gasteiger partial charge in [-0.15, -0.1) is 0 Å².